The summed E-state index contributed by atoms with van der Waals surface area (Å²) >= 11 is 0. The Labute approximate surface area is 122 Å². The van der Waals surface area contributed by atoms with Gasteiger partial charge >= 0.3 is 12.0 Å². The molecular weight excluding hydrogens is 270 g/mol. The first-order valence-electron chi connectivity index (χ1n) is 6.66. The summed E-state index contributed by atoms with van der Waals surface area (Å²) in [5.74, 6) is 0.548. The number of benzene rings is 1. The number of hydrogen-bond acceptors (Lipinski definition) is 7. The molecule has 110 valence electrons. The largest absolute Gasteiger partial charge is 0.467 e. The molecule has 0 atom stereocenters. The van der Waals surface area contributed by atoms with Gasteiger partial charge in [0.05, 0.1) is 14.2 Å². The van der Waals surface area contributed by atoms with Crippen molar-refractivity contribution in [3.8, 4) is 12.0 Å². The summed E-state index contributed by atoms with van der Waals surface area (Å²) in [6.07, 6.45) is 0.859. The fraction of sp³-hybridized carbons (Fsp3) is 0.357. The Morgan fingerprint density at radius 2 is 1.81 bits per heavy atom. The van der Waals surface area contributed by atoms with Gasteiger partial charge in [0.25, 0.3) is 0 Å². The molecule has 7 heteroatoms. The summed E-state index contributed by atoms with van der Waals surface area (Å²) in [5, 5.41) is 0. The molecule has 0 amide bonds. The first kappa shape index (κ1) is 13.4. The second-order valence-corrected chi connectivity index (χ2v) is 4.77. The average molecular weight is 287 g/mol. The Morgan fingerprint density at radius 1 is 1.10 bits per heavy atom. The molecule has 1 aromatic heterocycles. The SMILES string of the molecule is COc1nc(OC)nc(N2CCc3c(N)cccc3C2)n1. The van der Waals surface area contributed by atoms with Crippen molar-refractivity contribution in [3.05, 3.63) is 29.3 Å². The number of fused-ring (bicyclic) bond motifs is 1. The van der Waals surface area contributed by atoms with Crippen molar-refractivity contribution in [2.75, 3.05) is 31.4 Å². The Kier molecular flexibility index (Phi) is 3.47. The van der Waals surface area contributed by atoms with E-state index in [1.54, 1.807) is 0 Å². The third-order valence-corrected chi connectivity index (χ3v) is 3.53. The molecule has 1 aliphatic heterocycles. The number of nitrogens with zero attached hydrogens (tertiary/aromatic N) is 4. The summed E-state index contributed by atoms with van der Waals surface area (Å²) in [4.78, 5) is 14.7. The number of rotatable bonds is 3. The lowest BCUT2D eigenvalue weighted by atomic mass is 9.98. The van der Waals surface area contributed by atoms with Crippen molar-refractivity contribution >= 4 is 11.6 Å². The van der Waals surface area contributed by atoms with E-state index in [9.17, 15) is 0 Å². The van der Waals surface area contributed by atoms with Gasteiger partial charge in [0.2, 0.25) is 5.95 Å². The fourth-order valence-corrected chi connectivity index (χ4v) is 2.46. The van der Waals surface area contributed by atoms with E-state index in [2.05, 4.69) is 25.9 Å². The number of methoxy groups -OCH3 is 2. The van der Waals surface area contributed by atoms with E-state index in [-0.39, 0.29) is 12.0 Å². The molecule has 1 aliphatic rings. The Balaban J connectivity index is 1.92. The zero-order valence-electron chi connectivity index (χ0n) is 12.0. The van der Waals surface area contributed by atoms with Crippen LogP contribution in [0.15, 0.2) is 18.2 Å². The van der Waals surface area contributed by atoms with E-state index in [1.165, 1.54) is 25.3 Å². The first-order valence-corrected chi connectivity index (χ1v) is 6.66. The molecule has 7 nitrogen and oxygen atoms in total. The summed E-state index contributed by atoms with van der Waals surface area (Å²) in [5.41, 5.74) is 9.27. The molecule has 0 aliphatic carbocycles. The minimum atomic E-state index is 0.246. The number of anilines is 2. The lowest BCUT2D eigenvalue weighted by Gasteiger charge is -2.29. The van der Waals surface area contributed by atoms with Gasteiger partial charge < -0.3 is 20.1 Å². The third kappa shape index (κ3) is 2.54. The highest BCUT2D eigenvalue weighted by molar-refractivity contribution is 5.54. The maximum absolute atomic E-state index is 6.02. The number of aromatic nitrogens is 3. The van der Waals surface area contributed by atoms with Crippen molar-refractivity contribution in [2.24, 2.45) is 0 Å². The van der Waals surface area contributed by atoms with E-state index in [1.807, 2.05) is 12.1 Å². The van der Waals surface area contributed by atoms with Crippen molar-refractivity contribution < 1.29 is 9.47 Å². The molecule has 2 aromatic rings. The highest BCUT2D eigenvalue weighted by atomic mass is 16.5. The minimum Gasteiger partial charge on any atom is -0.467 e. The zero-order chi connectivity index (χ0) is 14.8. The van der Waals surface area contributed by atoms with Crippen LogP contribution in [-0.2, 0) is 13.0 Å². The van der Waals surface area contributed by atoms with Gasteiger partial charge in [-0.05, 0) is 23.6 Å². The summed E-state index contributed by atoms with van der Waals surface area (Å²) in [7, 11) is 3.04. The lowest BCUT2D eigenvalue weighted by molar-refractivity contribution is 0.339. The van der Waals surface area contributed by atoms with Gasteiger partial charge in [0.1, 0.15) is 0 Å². The van der Waals surface area contributed by atoms with Crippen LogP contribution in [0.2, 0.25) is 0 Å². The molecule has 0 bridgehead atoms. The van der Waals surface area contributed by atoms with E-state index in [0.717, 1.165) is 18.7 Å². The maximum Gasteiger partial charge on any atom is 0.324 e. The van der Waals surface area contributed by atoms with Gasteiger partial charge in [-0.3, -0.25) is 0 Å². The van der Waals surface area contributed by atoms with Gasteiger partial charge in [0.15, 0.2) is 0 Å². The van der Waals surface area contributed by atoms with Crippen LogP contribution in [0.5, 0.6) is 12.0 Å². The number of ether oxygens (including phenoxy) is 2. The molecule has 0 spiro atoms. The topological polar surface area (TPSA) is 86.4 Å². The van der Waals surface area contributed by atoms with Gasteiger partial charge in [-0.2, -0.15) is 9.97 Å². The van der Waals surface area contributed by atoms with Crippen LogP contribution in [0.25, 0.3) is 0 Å². The molecule has 0 saturated heterocycles. The van der Waals surface area contributed by atoms with Crippen LogP contribution in [0, 0.1) is 0 Å². The van der Waals surface area contributed by atoms with Crippen LogP contribution in [0.4, 0.5) is 11.6 Å². The smallest absolute Gasteiger partial charge is 0.324 e. The van der Waals surface area contributed by atoms with E-state index in [0.29, 0.717) is 12.5 Å². The molecular formula is C14H17N5O2. The van der Waals surface area contributed by atoms with Crippen LogP contribution in [0.3, 0.4) is 0 Å². The van der Waals surface area contributed by atoms with Crippen LogP contribution < -0.4 is 20.1 Å². The predicted molar refractivity (Wildman–Crippen MR) is 78.5 cm³/mol. The lowest BCUT2D eigenvalue weighted by Crippen LogP contribution is -2.32. The fourth-order valence-electron chi connectivity index (χ4n) is 2.46. The van der Waals surface area contributed by atoms with Gasteiger partial charge in [-0.25, -0.2) is 0 Å². The van der Waals surface area contributed by atoms with Crippen molar-refractivity contribution in [2.45, 2.75) is 13.0 Å². The van der Waals surface area contributed by atoms with Gasteiger partial charge in [0, 0.05) is 18.8 Å². The Bertz CT molecular complexity index is 640. The Morgan fingerprint density at radius 3 is 2.48 bits per heavy atom. The van der Waals surface area contributed by atoms with Gasteiger partial charge in [-0.1, -0.05) is 12.1 Å². The number of nitrogen functional groups attached to an aromatic ring is 1. The quantitative estimate of drug-likeness (QED) is 0.844. The highest BCUT2D eigenvalue weighted by Gasteiger charge is 2.21. The predicted octanol–water partition coefficient (Wildman–Crippen LogP) is 1.03. The summed E-state index contributed by atoms with van der Waals surface area (Å²) in [6, 6.07) is 6.47. The summed E-state index contributed by atoms with van der Waals surface area (Å²) < 4.78 is 10.2. The van der Waals surface area contributed by atoms with Crippen LogP contribution in [0.1, 0.15) is 11.1 Å². The normalized spacial score (nSPS) is 13.7. The molecule has 0 radical (unpaired) electrons. The molecule has 0 unspecified atom stereocenters. The monoisotopic (exact) mass is 287 g/mol. The van der Waals surface area contributed by atoms with Crippen molar-refractivity contribution in [1.29, 1.82) is 0 Å². The molecule has 2 N–H and O–H groups in total. The van der Waals surface area contributed by atoms with E-state index < -0.39 is 0 Å². The average Bonchev–Trinajstić information content (AvgIpc) is 2.54. The van der Waals surface area contributed by atoms with Crippen LogP contribution >= 0.6 is 0 Å². The maximum atomic E-state index is 6.02. The highest BCUT2D eigenvalue weighted by Crippen LogP contribution is 2.27. The summed E-state index contributed by atoms with van der Waals surface area (Å²) in [6.45, 7) is 1.49. The van der Waals surface area contributed by atoms with Crippen LogP contribution in [-0.4, -0.2) is 35.7 Å². The second-order valence-electron chi connectivity index (χ2n) is 4.77. The zero-order valence-corrected chi connectivity index (χ0v) is 12.0. The molecule has 0 saturated carbocycles. The Hall–Kier alpha value is -2.57. The first-order chi connectivity index (χ1) is 10.2. The minimum absolute atomic E-state index is 0.246. The number of nitrogens with two attached hydrogens (primary N) is 1. The molecule has 2 heterocycles. The molecule has 21 heavy (non-hydrogen) atoms. The number of hydrogen-bond donors (Lipinski definition) is 1. The second kappa shape index (κ2) is 5.43. The van der Waals surface area contributed by atoms with Crippen molar-refractivity contribution in [3.63, 3.8) is 0 Å². The molecule has 1 aromatic carbocycles. The van der Waals surface area contributed by atoms with Gasteiger partial charge in [-0.15, -0.1) is 4.98 Å². The standard InChI is InChI=1S/C14H17N5O2/c1-20-13-16-12(17-14(18-13)21-2)19-7-6-10-9(8-19)4-3-5-11(10)15/h3-5H,6-8,15H2,1-2H3. The van der Waals surface area contributed by atoms with E-state index in [4.69, 9.17) is 15.2 Å². The molecule has 3 rings (SSSR count). The van der Waals surface area contributed by atoms with E-state index >= 15 is 0 Å². The third-order valence-electron chi connectivity index (χ3n) is 3.53. The van der Waals surface area contributed by atoms with Crippen molar-refractivity contribution in [1.82, 2.24) is 15.0 Å². The molecule has 0 fully saturated rings.